The second kappa shape index (κ2) is 4.73. The van der Waals surface area contributed by atoms with Crippen molar-refractivity contribution >= 4 is 29.5 Å². The fourth-order valence-corrected chi connectivity index (χ4v) is 5.69. The van der Waals surface area contributed by atoms with E-state index in [2.05, 4.69) is 5.32 Å². The van der Waals surface area contributed by atoms with Crippen molar-refractivity contribution in [1.29, 1.82) is 0 Å². The maximum Gasteiger partial charge on any atom is 0.331 e. The minimum atomic E-state index is -1.11. The molecule has 5 atom stereocenters. The molecule has 3 aliphatic rings. The van der Waals surface area contributed by atoms with Crippen LogP contribution in [0.3, 0.4) is 0 Å². The van der Waals surface area contributed by atoms with Gasteiger partial charge in [-0.1, -0.05) is 30.3 Å². The molecule has 2 saturated heterocycles. The second-order valence-electron chi connectivity index (χ2n) is 6.66. The predicted molar refractivity (Wildman–Crippen MR) is 86.9 cm³/mol. The lowest BCUT2D eigenvalue weighted by atomic mass is 9.99. The van der Waals surface area contributed by atoms with Crippen LogP contribution in [0.4, 0.5) is 0 Å². The van der Waals surface area contributed by atoms with Gasteiger partial charge in [0.2, 0.25) is 11.8 Å². The molecule has 2 aliphatic heterocycles. The van der Waals surface area contributed by atoms with Gasteiger partial charge in [0.15, 0.2) is 5.54 Å². The van der Waals surface area contributed by atoms with Crippen molar-refractivity contribution < 1.29 is 19.5 Å². The summed E-state index contributed by atoms with van der Waals surface area (Å²) in [5.41, 5.74) is 5.50. The van der Waals surface area contributed by atoms with E-state index in [4.69, 9.17) is 5.73 Å². The van der Waals surface area contributed by atoms with Gasteiger partial charge in [0.25, 0.3) is 0 Å². The topological polar surface area (TPSA) is 113 Å². The van der Waals surface area contributed by atoms with Gasteiger partial charge in [0, 0.05) is 6.42 Å². The van der Waals surface area contributed by atoms with Gasteiger partial charge >= 0.3 is 5.97 Å². The third-order valence-electron chi connectivity index (χ3n) is 5.27. The Morgan fingerprint density at radius 2 is 2.08 bits per heavy atom. The fraction of sp³-hybridized carbons (Fsp3) is 0.438. The predicted octanol–water partition coefficient (Wildman–Crippen LogP) is 0.0721. The number of nitrogens with zero attached hydrogens (tertiary/aromatic N) is 1. The van der Waals surface area contributed by atoms with Crippen LogP contribution < -0.4 is 11.1 Å². The van der Waals surface area contributed by atoms with E-state index in [1.165, 1.54) is 16.7 Å². The van der Waals surface area contributed by atoms with E-state index in [-0.39, 0.29) is 11.3 Å². The molecule has 2 heterocycles. The molecule has 0 bridgehead atoms. The average Bonchev–Trinajstić information content (AvgIpc) is 3.11. The van der Waals surface area contributed by atoms with Crippen molar-refractivity contribution in [2.24, 2.45) is 5.73 Å². The molecule has 3 fully saturated rings. The first-order valence-electron chi connectivity index (χ1n) is 7.67. The van der Waals surface area contributed by atoms with Crippen LogP contribution >= 0.6 is 11.8 Å². The number of benzene rings is 1. The molecule has 2 amide bonds. The van der Waals surface area contributed by atoms with Crippen LogP contribution in [-0.2, 0) is 14.4 Å². The van der Waals surface area contributed by atoms with Crippen LogP contribution in [0.15, 0.2) is 30.3 Å². The number of hydrogen-bond acceptors (Lipinski definition) is 5. The Hall–Kier alpha value is -2.06. The van der Waals surface area contributed by atoms with Crippen molar-refractivity contribution in [2.45, 2.75) is 41.1 Å². The number of amides is 2. The zero-order valence-corrected chi connectivity index (χ0v) is 13.7. The highest BCUT2D eigenvalue weighted by atomic mass is 32.2. The van der Waals surface area contributed by atoms with Crippen molar-refractivity contribution in [3.05, 3.63) is 35.9 Å². The smallest absolute Gasteiger partial charge is 0.331 e. The first-order chi connectivity index (χ1) is 11.3. The maximum atomic E-state index is 12.4. The second-order valence-corrected chi connectivity index (χ2v) is 8.28. The lowest BCUT2D eigenvalue weighted by molar-refractivity contribution is -0.163. The lowest BCUT2D eigenvalue weighted by Crippen LogP contribution is -2.72. The van der Waals surface area contributed by atoms with E-state index in [1.807, 2.05) is 13.0 Å². The number of rotatable bonds is 4. The SMILES string of the molecule is CC12CC1(C(=O)O)N1C(=O)C(NC(=O)[C@@H](N)c3ccccc3)[C@@H]1S2. The summed E-state index contributed by atoms with van der Waals surface area (Å²) in [4.78, 5) is 37.8. The highest BCUT2D eigenvalue weighted by Crippen LogP contribution is 2.71. The van der Waals surface area contributed by atoms with Gasteiger partial charge in [0.1, 0.15) is 17.5 Å². The third-order valence-corrected chi connectivity index (χ3v) is 7.00. The molecule has 126 valence electrons. The molecule has 1 aromatic rings. The number of nitrogens with one attached hydrogen (secondary N) is 1. The molecule has 0 spiro atoms. The minimum Gasteiger partial charge on any atom is -0.479 e. The van der Waals surface area contributed by atoms with Crippen LogP contribution in [-0.4, -0.2) is 49.5 Å². The molecule has 7 nitrogen and oxygen atoms in total. The van der Waals surface area contributed by atoms with E-state index in [1.54, 1.807) is 24.3 Å². The lowest BCUT2D eigenvalue weighted by Gasteiger charge is -2.46. The molecular weight excluding hydrogens is 330 g/mol. The molecular formula is C16H17N3O4S. The highest BCUT2D eigenvalue weighted by molar-refractivity contribution is 8.02. The van der Waals surface area contributed by atoms with Crippen LogP contribution in [0.2, 0.25) is 0 Å². The molecule has 3 unspecified atom stereocenters. The first kappa shape index (κ1) is 15.5. The summed E-state index contributed by atoms with van der Waals surface area (Å²) in [7, 11) is 0. The Kier molecular flexibility index (Phi) is 3.05. The Morgan fingerprint density at radius 1 is 1.42 bits per heavy atom. The van der Waals surface area contributed by atoms with Gasteiger partial charge in [0.05, 0.1) is 4.75 Å². The van der Waals surface area contributed by atoms with Gasteiger partial charge in [-0.3, -0.25) is 9.59 Å². The normalized spacial score (nSPS) is 37.1. The van der Waals surface area contributed by atoms with Crippen molar-refractivity contribution in [1.82, 2.24) is 10.2 Å². The van der Waals surface area contributed by atoms with Crippen molar-refractivity contribution in [2.75, 3.05) is 0 Å². The number of β-lactam (4-membered cyclic amide) rings is 1. The number of carbonyl (C=O) groups excluding carboxylic acids is 2. The number of carboxylic acids is 1. The van der Waals surface area contributed by atoms with Gasteiger partial charge in [-0.15, -0.1) is 11.8 Å². The van der Waals surface area contributed by atoms with Crippen LogP contribution in [0.25, 0.3) is 0 Å². The number of thioether (sulfide) groups is 1. The molecule has 1 aliphatic carbocycles. The zero-order chi connectivity index (χ0) is 17.3. The number of hydrogen-bond donors (Lipinski definition) is 3. The molecule has 0 aromatic heterocycles. The quantitative estimate of drug-likeness (QED) is 0.665. The van der Waals surface area contributed by atoms with Crippen LogP contribution in [0, 0.1) is 0 Å². The molecule has 1 aromatic carbocycles. The Balaban J connectivity index is 1.48. The van der Waals surface area contributed by atoms with E-state index in [9.17, 15) is 19.5 Å². The molecule has 4 N–H and O–H groups in total. The fourth-order valence-electron chi connectivity index (χ4n) is 3.77. The number of aliphatic carboxylic acids is 1. The molecule has 0 radical (unpaired) electrons. The van der Waals surface area contributed by atoms with Gasteiger partial charge in [-0.05, 0) is 12.5 Å². The molecule has 8 heteroatoms. The monoisotopic (exact) mass is 347 g/mol. The van der Waals surface area contributed by atoms with Crippen LogP contribution in [0.5, 0.6) is 0 Å². The van der Waals surface area contributed by atoms with E-state index in [0.717, 1.165) is 0 Å². The van der Waals surface area contributed by atoms with Crippen molar-refractivity contribution in [3.8, 4) is 0 Å². The standard InChI is InChI=1S/C16H17N3O4S/c1-15-7-16(15,14(22)23)19-12(21)10(13(19)24-15)18-11(20)9(17)8-5-3-2-4-6-8/h2-6,9-10,13H,7,17H2,1H3,(H,18,20)(H,22,23)/t9-,10?,13-,15?,16?/m0/s1. The van der Waals surface area contributed by atoms with Crippen LogP contribution in [0.1, 0.15) is 24.9 Å². The minimum absolute atomic E-state index is 0.334. The molecule has 4 rings (SSSR count). The largest absolute Gasteiger partial charge is 0.479 e. The van der Waals surface area contributed by atoms with E-state index < -0.39 is 34.2 Å². The maximum absolute atomic E-state index is 12.4. The number of nitrogens with two attached hydrogens (primary N) is 1. The third kappa shape index (κ3) is 1.75. The van der Waals surface area contributed by atoms with Gasteiger partial charge < -0.3 is 21.1 Å². The van der Waals surface area contributed by atoms with E-state index >= 15 is 0 Å². The number of fused-ring (bicyclic) bond motifs is 3. The van der Waals surface area contributed by atoms with Gasteiger partial charge in [-0.2, -0.15) is 0 Å². The number of carbonyl (C=O) groups is 3. The molecule has 1 saturated carbocycles. The van der Waals surface area contributed by atoms with Crippen molar-refractivity contribution in [3.63, 3.8) is 0 Å². The summed E-state index contributed by atoms with van der Waals surface area (Å²) in [6.07, 6.45) is 0.451. The zero-order valence-electron chi connectivity index (χ0n) is 12.9. The summed E-state index contributed by atoms with van der Waals surface area (Å²) >= 11 is 1.45. The Labute approximate surface area is 142 Å². The number of carboxylic acid groups (broad SMARTS) is 1. The van der Waals surface area contributed by atoms with E-state index in [0.29, 0.717) is 12.0 Å². The van der Waals surface area contributed by atoms with Gasteiger partial charge in [-0.25, -0.2) is 4.79 Å². The summed E-state index contributed by atoms with van der Waals surface area (Å²) in [5, 5.41) is 11.9. The highest BCUT2D eigenvalue weighted by Gasteiger charge is 2.85. The summed E-state index contributed by atoms with van der Waals surface area (Å²) in [6.45, 7) is 1.85. The average molecular weight is 347 g/mol. The summed E-state index contributed by atoms with van der Waals surface area (Å²) in [6, 6.07) is 7.33. The molecule has 24 heavy (non-hydrogen) atoms. The Morgan fingerprint density at radius 3 is 2.71 bits per heavy atom. The summed E-state index contributed by atoms with van der Waals surface area (Å²) < 4.78 is -0.472. The Bertz CT molecular complexity index is 757. The first-order valence-corrected chi connectivity index (χ1v) is 8.55. The summed E-state index contributed by atoms with van der Waals surface area (Å²) in [5.74, 6) is -1.75.